The molecule has 0 aliphatic rings. The van der Waals surface area contributed by atoms with Gasteiger partial charge in [0.15, 0.2) is 0 Å². The number of hydrogen-bond donors (Lipinski definition) is 0. The number of nitriles is 1. The molecule has 3 nitrogen and oxygen atoms in total. The Morgan fingerprint density at radius 2 is 2.24 bits per heavy atom. The predicted molar refractivity (Wildman–Crippen MR) is 68.9 cm³/mol. The molecule has 1 aromatic carbocycles. The van der Waals surface area contributed by atoms with E-state index in [1.165, 1.54) is 12.2 Å². The molecule has 0 radical (unpaired) electrons. The Balaban J connectivity index is 2.95. The van der Waals surface area contributed by atoms with Crippen LogP contribution in [0.3, 0.4) is 0 Å². The average Bonchev–Trinajstić information content (AvgIpc) is 2.35. The molecule has 0 atom stereocenters. The van der Waals surface area contributed by atoms with E-state index in [1.807, 2.05) is 24.3 Å². The Bertz CT molecular complexity index is 500. The molecule has 0 saturated carbocycles. The Morgan fingerprint density at radius 3 is 2.82 bits per heavy atom. The van der Waals surface area contributed by atoms with E-state index in [4.69, 9.17) is 10.00 Å². The van der Waals surface area contributed by atoms with Crippen LogP contribution >= 0.6 is 15.9 Å². The number of ether oxygens (including phenoxy) is 1. The largest absolute Gasteiger partial charge is 0.457 e. The summed E-state index contributed by atoms with van der Waals surface area (Å²) < 4.78 is 5.60. The third kappa shape index (κ3) is 3.89. The lowest BCUT2D eigenvalue weighted by Crippen LogP contribution is -2.06. The van der Waals surface area contributed by atoms with Crippen molar-refractivity contribution in [2.24, 2.45) is 0 Å². The van der Waals surface area contributed by atoms with E-state index in [0.29, 0.717) is 0 Å². The smallest absolute Gasteiger partial charge is 0.349 e. The quantitative estimate of drug-likeness (QED) is 0.371. The average molecular weight is 292 g/mol. The Morgan fingerprint density at radius 1 is 1.53 bits per heavy atom. The number of esters is 1. The first-order valence-corrected chi connectivity index (χ1v) is 5.62. The van der Waals surface area contributed by atoms with E-state index in [0.717, 1.165) is 10.0 Å². The van der Waals surface area contributed by atoms with Crippen LogP contribution in [0.15, 0.2) is 47.0 Å². The molecule has 4 heteroatoms. The summed E-state index contributed by atoms with van der Waals surface area (Å²) in [5.74, 6) is -0.650. The van der Waals surface area contributed by atoms with Crippen LogP contribution < -0.4 is 0 Å². The molecule has 0 aliphatic carbocycles. The first kappa shape index (κ1) is 13.2. The molecule has 0 spiro atoms. The SMILES string of the molecule is C=CCOC(=O)C(C#N)=Cc1ccccc1Br. The van der Waals surface area contributed by atoms with Gasteiger partial charge in [-0.2, -0.15) is 5.26 Å². The second-order valence-corrected chi connectivity index (χ2v) is 3.93. The van der Waals surface area contributed by atoms with Gasteiger partial charge in [0.1, 0.15) is 18.2 Å². The lowest BCUT2D eigenvalue weighted by Gasteiger charge is -2.01. The molecule has 0 N–H and O–H groups in total. The van der Waals surface area contributed by atoms with E-state index in [2.05, 4.69) is 22.5 Å². The molecule has 0 aromatic heterocycles. The molecule has 1 aromatic rings. The number of benzene rings is 1. The fourth-order valence-electron chi connectivity index (χ4n) is 1.10. The standard InChI is InChI=1S/C13H10BrNO2/c1-2-7-17-13(16)11(9-15)8-10-5-3-4-6-12(10)14/h2-6,8H,1,7H2. The Kier molecular flexibility index (Phi) is 5.18. The fourth-order valence-corrected chi connectivity index (χ4v) is 1.50. The van der Waals surface area contributed by atoms with Crippen LogP contribution in [0, 0.1) is 11.3 Å². The molecule has 0 aliphatic heterocycles. The van der Waals surface area contributed by atoms with Gasteiger partial charge in [-0.1, -0.05) is 46.8 Å². The molecular weight excluding hydrogens is 282 g/mol. The predicted octanol–water partition coefficient (Wildman–Crippen LogP) is 3.09. The highest BCUT2D eigenvalue weighted by molar-refractivity contribution is 9.10. The van der Waals surface area contributed by atoms with Crippen molar-refractivity contribution in [1.82, 2.24) is 0 Å². The lowest BCUT2D eigenvalue weighted by atomic mass is 10.1. The highest BCUT2D eigenvalue weighted by atomic mass is 79.9. The van der Waals surface area contributed by atoms with Gasteiger partial charge in [-0.25, -0.2) is 4.79 Å². The number of hydrogen-bond acceptors (Lipinski definition) is 3. The van der Waals surface area contributed by atoms with Gasteiger partial charge in [-0.3, -0.25) is 0 Å². The number of halogens is 1. The summed E-state index contributed by atoms with van der Waals surface area (Å²) >= 11 is 3.33. The summed E-state index contributed by atoms with van der Waals surface area (Å²) in [6.45, 7) is 3.52. The fraction of sp³-hybridized carbons (Fsp3) is 0.0769. The zero-order valence-electron chi connectivity index (χ0n) is 9.02. The zero-order valence-corrected chi connectivity index (χ0v) is 10.6. The zero-order chi connectivity index (χ0) is 12.7. The molecule has 0 saturated heterocycles. The van der Waals surface area contributed by atoms with Gasteiger partial charge in [-0.05, 0) is 17.7 Å². The molecule has 17 heavy (non-hydrogen) atoms. The van der Waals surface area contributed by atoms with Crippen LogP contribution in [0.2, 0.25) is 0 Å². The van der Waals surface area contributed by atoms with Crippen molar-refractivity contribution < 1.29 is 9.53 Å². The van der Waals surface area contributed by atoms with Gasteiger partial charge in [0.2, 0.25) is 0 Å². The van der Waals surface area contributed by atoms with Gasteiger partial charge in [0.25, 0.3) is 0 Å². The van der Waals surface area contributed by atoms with E-state index in [9.17, 15) is 4.79 Å². The van der Waals surface area contributed by atoms with Crippen LogP contribution in [0.25, 0.3) is 6.08 Å². The van der Waals surface area contributed by atoms with E-state index >= 15 is 0 Å². The van der Waals surface area contributed by atoms with Crippen LogP contribution in [0.1, 0.15) is 5.56 Å². The number of rotatable bonds is 4. The number of carbonyl (C=O) groups excluding carboxylic acids is 1. The maximum Gasteiger partial charge on any atom is 0.349 e. The van der Waals surface area contributed by atoms with Gasteiger partial charge < -0.3 is 4.74 Å². The van der Waals surface area contributed by atoms with Crippen molar-refractivity contribution in [1.29, 1.82) is 5.26 Å². The second kappa shape index (κ2) is 6.66. The number of carbonyl (C=O) groups is 1. The summed E-state index contributed by atoms with van der Waals surface area (Å²) in [5, 5.41) is 8.89. The Hall–Kier alpha value is -1.86. The molecule has 1 rings (SSSR count). The maximum absolute atomic E-state index is 11.5. The van der Waals surface area contributed by atoms with Gasteiger partial charge in [-0.15, -0.1) is 0 Å². The van der Waals surface area contributed by atoms with Crippen molar-refractivity contribution in [2.45, 2.75) is 0 Å². The summed E-state index contributed by atoms with van der Waals surface area (Å²) in [6, 6.07) is 9.11. The summed E-state index contributed by atoms with van der Waals surface area (Å²) in [4.78, 5) is 11.5. The van der Waals surface area contributed by atoms with Crippen LogP contribution in [0.5, 0.6) is 0 Å². The van der Waals surface area contributed by atoms with Gasteiger partial charge in [0.05, 0.1) is 0 Å². The molecule has 86 valence electrons. The van der Waals surface area contributed by atoms with Gasteiger partial charge in [0, 0.05) is 4.47 Å². The minimum atomic E-state index is -0.650. The monoisotopic (exact) mass is 291 g/mol. The van der Waals surface area contributed by atoms with Crippen molar-refractivity contribution in [3.63, 3.8) is 0 Å². The highest BCUT2D eigenvalue weighted by Gasteiger charge is 2.10. The van der Waals surface area contributed by atoms with Crippen LogP contribution in [0.4, 0.5) is 0 Å². The number of nitrogens with zero attached hydrogens (tertiary/aromatic N) is 1. The normalized spacial score (nSPS) is 10.5. The minimum Gasteiger partial charge on any atom is -0.457 e. The summed E-state index contributed by atoms with van der Waals surface area (Å²) in [7, 11) is 0. The molecule has 0 heterocycles. The van der Waals surface area contributed by atoms with E-state index < -0.39 is 5.97 Å². The van der Waals surface area contributed by atoms with E-state index in [1.54, 1.807) is 6.07 Å². The first-order valence-electron chi connectivity index (χ1n) is 4.83. The third-order valence-electron chi connectivity index (χ3n) is 1.88. The summed E-state index contributed by atoms with van der Waals surface area (Å²) in [6.07, 6.45) is 2.93. The topological polar surface area (TPSA) is 50.1 Å². The van der Waals surface area contributed by atoms with Crippen molar-refractivity contribution >= 4 is 28.0 Å². The summed E-state index contributed by atoms with van der Waals surface area (Å²) in [5.41, 5.74) is 0.707. The van der Waals surface area contributed by atoms with Crippen molar-refractivity contribution in [2.75, 3.05) is 6.61 Å². The van der Waals surface area contributed by atoms with Crippen molar-refractivity contribution in [3.8, 4) is 6.07 Å². The molecule has 0 unspecified atom stereocenters. The third-order valence-corrected chi connectivity index (χ3v) is 2.60. The highest BCUT2D eigenvalue weighted by Crippen LogP contribution is 2.19. The van der Waals surface area contributed by atoms with Crippen molar-refractivity contribution in [3.05, 3.63) is 52.5 Å². The molecule has 0 amide bonds. The maximum atomic E-state index is 11.5. The van der Waals surface area contributed by atoms with Crippen LogP contribution in [-0.2, 0) is 9.53 Å². The molecule has 0 bridgehead atoms. The first-order chi connectivity index (χ1) is 8.19. The molecule has 0 fully saturated rings. The van der Waals surface area contributed by atoms with E-state index in [-0.39, 0.29) is 12.2 Å². The van der Waals surface area contributed by atoms with Gasteiger partial charge >= 0.3 is 5.97 Å². The van der Waals surface area contributed by atoms with Crippen LogP contribution in [-0.4, -0.2) is 12.6 Å². The lowest BCUT2D eigenvalue weighted by molar-refractivity contribution is -0.137. The second-order valence-electron chi connectivity index (χ2n) is 3.08. The Labute approximate surface area is 108 Å². The molecular formula is C13H10BrNO2. The minimum absolute atomic E-state index is 0.0428.